The summed E-state index contributed by atoms with van der Waals surface area (Å²) in [7, 11) is 0. The minimum Gasteiger partial charge on any atom is -0.508 e. The number of aromatic hydroxyl groups is 1. The van der Waals surface area contributed by atoms with Crippen LogP contribution in [-0.4, -0.2) is 17.0 Å². The van der Waals surface area contributed by atoms with Crippen molar-refractivity contribution in [2.24, 2.45) is 4.99 Å². The molecule has 5 nitrogen and oxygen atoms in total. The van der Waals surface area contributed by atoms with Gasteiger partial charge in [-0.3, -0.25) is 0 Å². The molecule has 2 aliphatic heterocycles. The van der Waals surface area contributed by atoms with Gasteiger partial charge < -0.3 is 14.6 Å². The summed E-state index contributed by atoms with van der Waals surface area (Å²) in [4.78, 5) is 18.0. The predicted molar refractivity (Wildman–Crippen MR) is 107 cm³/mol. The Morgan fingerprint density at radius 3 is 2.54 bits per heavy atom. The fourth-order valence-electron chi connectivity index (χ4n) is 3.07. The molecule has 3 aromatic rings. The van der Waals surface area contributed by atoms with E-state index < -0.39 is 5.97 Å². The second-order valence-electron chi connectivity index (χ2n) is 6.20. The highest BCUT2D eigenvalue weighted by atomic mass is 32.1. The van der Waals surface area contributed by atoms with Gasteiger partial charge in [-0.2, -0.15) is 0 Å². The topological polar surface area (TPSA) is 68.1 Å². The molecule has 0 aliphatic carbocycles. The van der Waals surface area contributed by atoms with E-state index in [9.17, 15) is 9.90 Å². The maximum atomic E-state index is 12.6. The number of phenolic OH excluding ortho intramolecular Hbond substituents is 1. The third kappa shape index (κ3) is 2.80. The van der Waals surface area contributed by atoms with Crippen molar-refractivity contribution in [1.82, 2.24) is 0 Å². The normalized spacial score (nSPS) is 18.1. The van der Waals surface area contributed by atoms with Gasteiger partial charge in [-0.05, 0) is 47.9 Å². The zero-order valence-corrected chi connectivity index (χ0v) is 15.3. The number of phenols is 1. The van der Waals surface area contributed by atoms with Crippen molar-refractivity contribution in [2.75, 3.05) is 0 Å². The maximum absolute atomic E-state index is 12.6. The average Bonchev–Trinajstić information content (AvgIpc) is 3.38. The van der Waals surface area contributed by atoms with Gasteiger partial charge in [0.05, 0.1) is 4.88 Å². The first-order valence-electron chi connectivity index (χ1n) is 8.56. The number of carbonyl (C=O) groups is 1. The first-order chi connectivity index (χ1) is 13.7. The van der Waals surface area contributed by atoms with Crippen LogP contribution < -0.4 is 4.74 Å². The van der Waals surface area contributed by atoms with Gasteiger partial charge in [0.2, 0.25) is 5.90 Å². The molecule has 28 heavy (non-hydrogen) atoms. The predicted octanol–water partition coefficient (Wildman–Crippen LogP) is 4.60. The number of esters is 1. The zero-order chi connectivity index (χ0) is 19.1. The lowest BCUT2D eigenvalue weighted by atomic mass is 9.99. The SMILES string of the molecule is O=C1OC(c2ccc(O)cc2)=N/C1=C1/C=C(c2cccs2)Oc2ccccc21. The standard InChI is InChI=1S/C22H13NO4S/c24-14-9-7-13(8-10-14)21-23-20(22(25)27-21)16-12-18(19-6-3-11-28-19)26-17-5-2-1-4-15(16)17/h1-12,24H/b20-16-. The summed E-state index contributed by atoms with van der Waals surface area (Å²) in [6.07, 6.45) is 1.83. The van der Waals surface area contributed by atoms with Crippen molar-refractivity contribution in [3.05, 3.63) is 93.8 Å². The van der Waals surface area contributed by atoms with Crippen molar-refractivity contribution in [3.8, 4) is 11.5 Å². The van der Waals surface area contributed by atoms with Gasteiger partial charge in [0.15, 0.2) is 5.70 Å². The number of benzene rings is 2. The Balaban J connectivity index is 1.67. The Bertz CT molecular complexity index is 1170. The molecule has 5 rings (SSSR count). The second-order valence-corrected chi connectivity index (χ2v) is 7.15. The molecular weight excluding hydrogens is 374 g/mol. The fraction of sp³-hybridized carbons (Fsp3) is 0. The summed E-state index contributed by atoms with van der Waals surface area (Å²) in [6, 6.07) is 17.8. The summed E-state index contributed by atoms with van der Waals surface area (Å²) in [5.74, 6) is 1.16. The maximum Gasteiger partial charge on any atom is 0.364 e. The van der Waals surface area contributed by atoms with Crippen LogP contribution in [-0.2, 0) is 9.53 Å². The van der Waals surface area contributed by atoms with Gasteiger partial charge in [-0.25, -0.2) is 9.79 Å². The number of nitrogens with zero attached hydrogens (tertiary/aromatic N) is 1. The molecule has 2 aromatic carbocycles. The first kappa shape index (κ1) is 16.5. The number of aliphatic imine (C=N–C) groups is 1. The number of carbonyl (C=O) groups excluding carboxylic acids is 1. The molecule has 3 heterocycles. The molecule has 136 valence electrons. The second kappa shape index (κ2) is 6.51. The summed E-state index contributed by atoms with van der Waals surface area (Å²) in [6.45, 7) is 0. The highest BCUT2D eigenvalue weighted by Crippen LogP contribution is 2.40. The highest BCUT2D eigenvalue weighted by molar-refractivity contribution is 7.11. The first-order valence-corrected chi connectivity index (χ1v) is 9.44. The molecule has 0 fully saturated rings. The van der Waals surface area contributed by atoms with E-state index in [2.05, 4.69) is 4.99 Å². The summed E-state index contributed by atoms with van der Waals surface area (Å²) in [5, 5.41) is 11.4. The quantitative estimate of drug-likeness (QED) is 0.515. The van der Waals surface area contributed by atoms with Crippen molar-refractivity contribution >= 4 is 34.5 Å². The zero-order valence-electron chi connectivity index (χ0n) is 14.5. The number of cyclic esters (lactones) is 1. The molecular formula is C22H13NO4S. The van der Waals surface area contributed by atoms with Crippen LogP contribution in [0, 0.1) is 0 Å². The van der Waals surface area contributed by atoms with E-state index in [1.807, 2.05) is 47.9 Å². The third-order valence-corrected chi connectivity index (χ3v) is 5.29. The molecule has 0 amide bonds. The molecule has 0 atom stereocenters. The summed E-state index contributed by atoms with van der Waals surface area (Å²) in [5.41, 5.74) is 2.28. The average molecular weight is 387 g/mol. The van der Waals surface area contributed by atoms with E-state index in [1.54, 1.807) is 23.5 Å². The molecule has 0 bridgehead atoms. The number of fused-ring (bicyclic) bond motifs is 1. The fourth-order valence-corrected chi connectivity index (χ4v) is 3.75. The number of hydrogen-bond donors (Lipinski definition) is 1. The van der Waals surface area contributed by atoms with E-state index in [0.29, 0.717) is 22.6 Å². The van der Waals surface area contributed by atoms with E-state index >= 15 is 0 Å². The van der Waals surface area contributed by atoms with Gasteiger partial charge in [0.1, 0.15) is 17.3 Å². The van der Waals surface area contributed by atoms with Crippen LogP contribution >= 0.6 is 11.3 Å². The van der Waals surface area contributed by atoms with Gasteiger partial charge >= 0.3 is 5.97 Å². The molecule has 0 saturated carbocycles. The van der Waals surface area contributed by atoms with Crippen LogP contribution in [0.25, 0.3) is 11.3 Å². The molecule has 0 unspecified atom stereocenters. The van der Waals surface area contributed by atoms with Gasteiger partial charge in [0, 0.05) is 16.7 Å². The number of para-hydroxylation sites is 1. The third-order valence-electron chi connectivity index (χ3n) is 4.40. The van der Waals surface area contributed by atoms with Crippen LogP contribution in [0.15, 0.2) is 82.8 Å². The molecule has 2 aliphatic rings. The van der Waals surface area contributed by atoms with Crippen molar-refractivity contribution in [2.45, 2.75) is 0 Å². The molecule has 0 radical (unpaired) electrons. The molecule has 0 saturated heterocycles. The van der Waals surface area contributed by atoms with Crippen LogP contribution in [0.4, 0.5) is 0 Å². The van der Waals surface area contributed by atoms with Crippen LogP contribution in [0.5, 0.6) is 11.5 Å². The monoisotopic (exact) mass is 387 g/mol. The van der Waals surface area contributed by atoms with Crippen molar-refractivity contribution in [3.63, 3.8) is 0 Å². The Morgan fingerprint density at radius 2 is 1.75 bits per heavy atom. The Kier molecular flexibility index (Phi) is 3.84. The number of hydrogen-bond acceptors (Lipinski definition) is 6. The van der Waals surface area contributed by atoms with Crippen LogP contribution in [0.1, 0.15) is 16.0 Å². The van der Waals surface area contributed by atoms with Crippen molar-refractivity contribution in [1.29, 1.82) is 0 Å². The van der Waals surface area contributed by atoms with Crippen LogP contribution in [0.2, 0.25) is 0 Å². The lowest BCUT2D eigenvalue weighted by molar-refractivity contribution is -0.129. The number of thiophene rings is 1. The van der Waals surface area contributed by atoms with E-state index in [4.69, 9.17) is 9.47 Å². The number of ether oxygens (including phenoxy) is 2. The summed E-state index contributed by atoms with van der Waals surface area (Å²) >= 11 is 1.56. The van der Waals surface area contributed by atoms with Crippen LogP contribution in [0.3, 0.4) is 0 Å². The lowest BCUT2D eigenvalue weighted by Crippen LogP contribution is -2.08. The highest BCUT2D eigenvalue weighted by Gasteiger charge is 2.30. The largest absolute Gasteiger partial charge is 0.508 e. The molecule has 0 spiro atoms. The van der Waals surface area contributed by atoms with Gasteiger partial charge in [-0.15, -0.1) is 11.3 Å². The van der Waals surface area contributed by atoms with E-state index in [0.717, 1.165) is 10.4 Å². The smallest absolute Gasteiger partial charge is 0.364 e. The molecule has 6 heteroatoms. The Labute approximate surface area is 164 Å². The number of allylic oxidation sites excluding steroid dienone is 2. The minimum absolute atomic E-state index is 0.133. The number of rotatable bonds is 2. The summed E-state index contributed by atoms with van der Waals surface area (Å²) < 4.78 is 11.4. The van der Waals surface area contributed by atoms with Gasteiger partial charge in [0.25, 0.3) is 0 Å². The van der Waals surface area contributed by atoms with Gasteiger partial charge in [-0.1, -0.05) is 24.3 Å². The molecule has 1 aromatic heterocycles. The Hall–Kier alpha value is -3.64. The Morgan fingerprint density at radius 1 is 0.929 bits per heavy atom. The molecule has 1 N–H and O–H groups in total. The lowest BCUT2D eigenvalue weighted by Gasteiger charge is -2.19. The van der Waals surface area contributed by atoms with E-state index in [-0.39, 0.29) is 17.3 Å². The van der Waals surface area contributed by atoms with Crippen molar-refractivity contribution < 1.29 is 19.4 Å². The minimum atomic E-state index is -0.517. The van der Waals surface area contributed by atoms with E-state index in [1.165, 1.54) is 12.1 Å².